The molecule has 140 valence electrons. The van der Waals surface area contributed by atoms with E-state index in [0.29, 0.717) is 17.2 Å². The lowest BCUT2D eigenvalue weighted by molar-refractivity contribution is 0.0734. The number of ether oxygens (including phenoxy) is 1. The average molecular weight is 360 g/mol. The van der Waals surface area contributed by atoms with E-state index < -0.39 is 0 Å². The van der Waals surface area contributed by atoms with Crippen molar-refractivity contribution in [3.63, 3.8) is 0 Å². The van der Waals surface area contributed by atoms with Gasteiger partial charge >= 0.3 is 5.97 Å². The van der Waals surface area contributed by atoms with E-state index in [1.54, 1.807) is 0 Å². The molecule has 0 spiro atoms. The van der Waals surface area contributed by atoms with E-state index in [1.807, 2.05) is 25.1 Å². The minimum atomic E-state index is -0.292. The van der Waals surface area contributed by atoms with E-state index in [-0.39, 0.29) is 5.97 Å². The van der Waals surface area contributed by atoms with E-state index >= 15 is 0 Å². The maximum atomic E-state index is 13.0. The predicted octanol–water partition coefficient (Wildman–Crippen LogP) is 6.68. The number of aryl methyl sites for hydroxylation is 3. The maximum Gasteiger partial charge on any atom is 0.344 e. The van der Waals surface area contributed by atoms with Crippen molar-refractivity contribution in [2.24, 2.45) is 0 Å². The molecule has 0 radical (unpaired) electrons. The molecule has 0 saturated heterocycles. The summed E-state index contributed by atoms with van der Waals surface area (Å²) in [5.41, 5.74) is 9.61. The summed E-state index contributed by atoms with van der Waals surface area (Å²) in [7, 11) is 0. The summed E-state index contributed by atoms with van der Waals surface area (Å²) in [6, 6.07) is 12.3. The number of carbonyl (C=O) groups is 1. The molecule has 1 aromatic rings. The Bertz CT molecular complexity index is 996. The molecule has 0 amide bonds. The van der Waals surface area contributed by atoms with Gasteiger partial charge in [0.05, 0.1) is 5.56 Å². The van der Waals surface area contributed by atoms with Crippen molar-refractivity contribution in [3.8, 4) is 16.9 Å². The lowest BCUT2D eigenvalue weighted by Crippen LogP contribution is -2.10. The van der Waals surface area contributed by atoms with Gasteiger partial charge < -0.3 is 4.74 Å². The topological polar surface area (TPSA) is 26.3 Å². The fourth-order valence-electron chi connectivity index (χ4n) is 3.56. The zero-order valence-corrected chi connectivity index (χ0v) is 17.4. The minimum absolute atomic E-state index is 0.292. The Hall–Kier alpha value is -2.61. The lowest BCUT2D eigenvalue weighted by atomic mass is 10.0. The Morgan fingerprint density at radius 1 is 0.815 bits per heavy atom. The van der Waals surface area contributed by atoms with Crippen LogP contribution in [0.2, 0.25) is 0 Å². The average Bonchev–Trinajstić information content (AvgIpc) is 2.83. The van der Waals surface area contributed by atoms with Crippen LogP contribution in [0.4, 0.5) is 0 Å². The Labute approximate surface area is 162 Å². The van der Waals surface area contributed by atoms with Gasteiger partial charge in [-0.2, -0.15) is 0 Å². The van der Waals surface area contributed by atoms with Crippen LogP contribution in [0.3, 0.4) is 0 Å². The number of carbonyl (C=O) groups excluding carboxylic acids is 1. The zero-order chi connectivity index (χ0) is 19.9. The number of hydrogen-bond acceptors (Lipinski definition) is 2. The van der Waals surface area contributed by atoms with Crippen LogP contribution in [-0.2, 0) is 0 Å². The van der Waals surface area contributed by atoms with Crippen LogP contribution in [0.1, 0.15) is 63.5 Å². The molecule has 3 rings (SSSR count). The zero-order valence-electron chi connectivity index (χ0n) is 17.4. The third-order valence-corrected chi connectivity index (χ3v) is 5.65. The predicted molar refractivity (Wildman–Crippen MR) is 112 cm³/mol. The highest BCUT2D eigenvalue weighted by molar-refractivity contribution is 6.02. The summed E-state index contributed by atoms with van der Waals surface area (Å²) in [6.07, 6.45) is 0. The van der Waals surface area contributed by atoms with Crippen molar-refractivity contribution < 1.29 is 9.53 Å². The largest absolute Gasteiger partial charge is 0.423 e. The molecule has 0 bridgehead atoms. The van der Waals surface area contributed by atoms with Crippen LogP contribution < -0.4 is 4.74 Å². The van der Waals surface area contributed by atoms with Crippen LogP contribution >= 0.6 is 0 Å². The summed E-state index contributed by atoms with van der Waals surface area (Å²) in [5.74, 6) is 0.777. The van der Waals surface area contributed by atoms with Gasteiger partial charge in [-0.25, -0.2) is 4.79 Å². The molecule has 0 heterocycles. The number of hydrogen-bond donors (Lipinski definition) is 0. The van der Waals surface area contributed by atoms with Crippen molar-refractivity contribution in [2.45, 2.75) is 54.4 Å². The fourth-order valence-corrected chi connectivity index (χ4v) is 3.56. The second-order valence-corrected chi connectivity index (χ2v) is 7.87. The third-order valence-electron chi connectivity index (χ3n) is 5.65. The van der Waals surface area contributed by atoms with Gasteiger partial charge in [-0.15, -0.1) is 0 Å². The molecular weight excluding hydrogens is 332 g/mol. The Morgan fingerprint density at radius 3 is 2.15 bits per heavy atom. The van der Waals surface area contributed by atoms with Gasteiger partial charge in [0.25, 0.3) is 0 Å². The van der Waals surface area contributed by atoms with E-state index in [2.05, 4.69) is 59.7 Å². The van der Waals surface area contributed by atoms with Crippen molar-refractivity contribution in [1.29, 1.82) is 0 Å². The highest BCUT2D eigenvalue weighted by atomic mass is 16.5. The molecule has 0 N–H and O–H groups in total. The first-order valence-electron chi connectivity index (χ1n) is 9.53. The van der Waals surface area contributed by atoms with Gasteiger partial charge in [0.15, 0.2) is 0 Å². The van der Waals surface area contributed by atoms with Gasteiger partial charge in [0.1, 0.15) is 5.75 Å². The number of benzene rings is 1. The van der Waals surface area contributed by atoms with Crippen molar-refractivity contribution in [1.82, 2.24) is 0 Å². The summed E-state index contributed by atoms with van der Waals surface area (Å²) in [5, 5.41) is 0. The fraction of sp³-hybridized carbons (Fsp3) is 0.320. The molecule has 0 atom stereocenters. The second-order valence-electron chi connectivity index (χ2n) is 7.87. The molecule has 2 heteroatoms. The van der Waals surface area contributed by atoms with Crippen molar-refractivity contribution in [3.05, 3.63) is 75.3 Å². The molecule has 0 fully saturated rings. The molecule has 0 unspecified atom stereocenters. The summed E-state index contributed by atoms with van der Waals surface area (Å²) < 4.78 is 5.81. The summed E-state index contributed by atoms with van der Waals surface area (Å²) in [4.78, 5) is 13.0. The maximum absolute atomic E-state index is 13.0. The summed E-state index contributed by atoms with van der Waals surface area (Å²) >= 11 is 0. The monoisotopic (exact) mass is 360 g/mol. The standard InChI is InChI=1S/C25H28O2/c1-14(2)20-10-8-16(4)24-21(13-20)17(5)12-22(24)25(26)27-23-11-9-15(3)18(6)19(23)7/h8-14H,1-7H3. The molecule has 27 heavy (non-hydrogen) atoms. The van der Waals surface area contributed by atoms with E-state index in [1.165, 1.54) is 11.1 Å². The molecular formula is C25H28O2. The quantitative estimate of drug-likeness (QED) is 0.385. The number of esters is 1. The van der Waals surface area contributed by atoms with Gasteiger partial charge in [0.2, 0.25) is 0 Å². The van der Waals surface area contributed by atoms with Crippen molar-refractivity contribution >= 4 is 5.97 Å². The SMILES string of the molecule is Cc1cc(C(=O)Oc2ccc(C)c(C)c2C)c2c(C)ccc(C(C)C)cc1-2. The molecule has 2 aliphatic rings. The molecule has 2 aliphatic carbocycles. The van der Waals surface area contributed by atoms with Crippen LogP contribution in [0.25, 0.3) is 11.1 Å². The second kappa shape index (κ2) is 7.19. The first-order chi connectivity index (χ1) is 12.7. The molecule has 0 aliphatic heterocycles. The normalized spacial score (nSPS) is 11.3. The smallest absolute Gasteiger partial charge is 0.344 e. The number of rotatable bonds is 3. The number of fused-ring (bicyclic) bond motifs is 1. The molecule has 1 aromatic carbocycles. The van der Waals surface area contributed by atoms with Crippen molar-refractivity contribution in [2.75, 3.05) is 0 Å². The summed E-state index contributed by atoms with van der Waals surface area (Å²) in [6.45, 7) is 14.6. The van der Waals surface area contributed by atoms with Crippen LogP contribution in [0.15, 0.2) is 36.4 Å². The van der Waals surface area contributed by atoms with E-state index in [4.69, 9.17) is 4.74 Å². The van der Waals surface area contributed by atoms with Crippen LogP contribution in [0.5, 0.6) is 5.75 Å². The first kappa shape index (κ1) is 19.2. The molecule has 0 aromatic heterocycles. The lowest BCUT2D eigenvalue weighted by Gasteiger charge is -2.12. The molecule has 0 saturated carbocycles. The highest BCUT2D eigenvalue weighted by Gasteiger charge is 2.23. The highest BCUT2D eigenvalue weighted by Crippen LogP contribution is 2.37. The van der Waals surface area contributed by atoms with Crippen LogP contribution in [-0.4, -0.2) is 5.97 Å². The van der Waals surface area contributed by atoms with Gasteiger partial charge in [-0.1, -0.05) is 38.1 Å². The Kier molecular flexibility index (Phi) is 5.10. The van der Waals surface area contributed by atoms with Crippen LogP contribution in [0, 0.1) is 34.6 Å². The Balaban J connectivity index is 2.06. The minimum Gasteiger partial charge on any atom is -0.423 e. The van der Waals surface area contributed by atoms with E-state index in [9.17, 15) is 4.79 Å². The van der Waals surface area contributed by atoms with E-state index in [0.717, 1.165) is 33.4 Å². The first-order valence-corrected chi connectivity index (χ1v) is 9.53. The molecule has 2 nitrogen and oxygen atoms in total. The van der Waals surface area contributed by atoms with Gasteiger partial charge in [-0.05, 0) is 97.2 Å². The third kappa shape index (κ3) is 3.49. The van der Waals surface area contributed by atoms with Gasteiger partial charge in [0, 0.05) is 0 Å². The van der Waals surface area contributed by atoms with Gasteiger partial charge in [-0.3, -0.25) is 0 Å². The Morgan fingerprint density at radius 2 is 1.48 bits per heavy atom.